The molecule has 2 aromatic carbocycles. The topological polar surface area (TPSA) is 118 Å². The van der Waals surface area contributed by atoms with Crippen molar-refractivity contribution in [2.24, 2.45) is 10.2 Å². The number of hydrogen-bond acceptors (Lipinski definition) is 7. The van der Waals surface area contributed by atoms with Crippen LogP contribution in [0.3, 0.4) is 0 Å². The van der Waals surface area contributed by atoms with E-state index < -0.39 is 10.7 Å². The highest BCUT2D eigenvalue weighted by atomic mass is 16.6. The number of hydrogen-bond donors (Lipinski definition) is 1. The van der Waals surface area contributed by atoms with E-state index in [0.717, 1.165) is 5.39 Å². The van der Waals surface area contributed by atoms with Crippen LogP contribution >= 0.6 is 0 Å². The fraction of sp³-hybridized carbons (Fsp3) is 0. The summed E-state index contributed by atoms with van der Waals surface area (Å²) in [6.45, 7) is 0. The van der Waals surface area contributed by atoms with E-state index in [-0.39, 0.29) is 17.1 Å². The summed E-state index contributed by atoms with van der Waals surface area (Å²) in [6.07, 6.45) is 0.532. The first-order valence-corrected chi connectivity index (χ1v) is 7.12. The van der Waals surface area contributed by atoms with Crippen LogP contribution < -0.4 is 0 Å². The lowest BCUT2D eigenvalue weighted by Crippen LogP contribution is -1.99. The van der Waals surface area contributed by atoms with Gasteiger partial charge in [-0.25, -0.2) is 0 Å². The minimum absolute atomic E-state index is 0.0177. The smallest absolute Gasteiger partial charge is 0.269 e. The van der Waals surface area contributed by atoms with Crippen LogP contribution in [0.2, 0.25) is 0 Å². The van der Waals surface area contributed by atoms with Gasteiger partial charge in [0.2, 0.25) is 0 Å². The average Bonchev–Trinajstić information content (AvgIpc) is 3.06. The van der Waals surface area contributed by atoms with E-state index in [0.29, 0.717) is 17.5 Å². The fourth-order valence-corrected chi connectivity index (χ4v) is 2.10. The van der Waals surface area contributed by atoms with Crippen molar-refractivity contribution in [3.05, 3.63) is 82.4 Å². The van der Waals surface area contributed by atoms with Crippen LogP contribution in [0.1, 0.15) is 10.6 Å². The second kappa shape index (κ2) is 6.75. The number of aliphatic hydroxyl groups excluding tert-OH is 1. The highest BCUT2D eigenvalue weighted by molar-refractivity contribution is 6.08. The second-order valence-corrected chi connectivity index (χ2v) is 4.97. The van der Waals surface area contributed by atoms with Gasteiger partial charge < -0.3 is 9.52 Å². The van der Waals surface area contributed by atoms with Crippen molar-refractivity contribution in [2.45, 2.75) is 0 Å². The molecule has 0 aliphatic rings. The van der Waals surface area contributed by atoms with Crippen LogP contribution in [0.15, 0.2) is 81.2 Å². The molecule has 3 rings (SSSR count). The lowest BCUT2D eigenvalue weighted by Gasteiger charge is -1.96. The van der Waals surface area contributed by atoms with E-state index in [2.05, 4.69) is 10.2 Å². The molecule has 0 spiro atoms. The zero-order valence-corrected chi connectivity index (χ0v) is 12.7. The molecule has 25 heavy (non-hydrogen) atoms. The molecule has 0 atom stereocenters. The van der Waals surface area contributed by atoms with Crippen molar-refractivity contribution in [3.63, 3.8) is 0 Å². The predicted octanol–water partition coefficient (Wildman–Crippen LogP) is 4.71. The van der Waals surface area contributed by atoms with E-state index >= 15 is 0 Å². The van der Waals surface area contributed by atoms with E-state index in [1.165, 1.54) is 24.3 Å². The van der Waals surface area contributed by atoms with Gasteiger partial charge >= 0.3 is 0 Å². The third-order valence-corrected chi connectivity index (χ3v) is 3.34. The molecule has 8 heteroatoms. The molecule has 0 aliphatic carbocycles. The number of para-hydroxylation sites is 1. The van der Waals surface area contributed by atoms with Gasteiger partial charge in [0, 0.05) is 17.5 Å². The summed E-state index contributed by atoms with van der Waals surface area (Å²) in [7, 11) is 0. The molecule has 3 aromatic rings. The summed E-state index contributed by atoms with van der Waals surface area (Å²) in [5.74, 6) is -0.617. The number of Topliss-reactive ketones (excluding diaryl/α,β-unsaturated/α-hetero) is 1. The zero-order chi connectivity index (χ0) is 17.8. The van der Waals surface area contributed by atoms with Crippen LogP contribution in [0.5, 0.6) is 0 Å². The minimum Gasteiger partial charge on any atom is -0.513 e. The van der Waals surface area contributed by atoms with Gasteiger partial charge in [-0.1, -0.05) is 18.2 Å². The number of nitro benzene ring substituents is 1. The van der Waals surface area contributed by atoms with Crippen molar-refractivity contribution in [1.82, 2.24) is 0 Å². The van der Waals surface area contributed by atoms with Crippen molar-refractivity contribution in [3.8, 4) is 0 Å². The number of non-ortho nitro benzene ring substituents is 1. The first kappa shape index (κ1) is 16.1. The molecule has 1 N–H and O–H groups in total. The minimum atomic E-state index is -0.635. The number of nitro groups is 1. The van der Waals surface area contributed by atoms with E-state index in [1.54, 1.807) is 24.3 Å². The van der Waals surface area contributed by atoms with Gasteiger partial charge in [0.15, 0.2) is 11.5 Å². The zero-order valence-electron chi connectivity index (χ0n) is 12.7. The van der Waals surface area contributed by atoms with Gasteiger partial charge in [0.25, 0.3) is 11.5 Å². The van der Waals surface area contributed by atoms with E-state index in [4.69, 9.17) is 4.42 Å². The maximum atomic E-state index is 12.3. The molecule has 0 unspecified atom stereocenters. The summed E-state index contributed by atoms with van der Waals surface area (Å²) in [5, 5.41) is 28.1. The maximum absolute atomic E-state index is 12.3. The summed E-state index contributed by atoms with van der Waals surface area (Å²) in [5.41, 5.74) is 0.422. The monoisotopic (exact) mass is 337 g/mol. The molecule has 0 fully saturated rings. The summed E-state index contributed by atoms with van der Waals surface area (Å²) >= 11 is 0. The van der Waals surface area contributed by atoms with Crippen LogP contribution in [-0.2, 0) is 0 Å². The van der Waals surface area contributed by atoms with Gasteiger partial charge in [-0.3, -0.25) is 14.9 Å². The van der Waals surface area contributed by atoms with Crippen molar-refractivity contribution in [1.29, 1.82) is 0 Å². The van der Waals surface area contributed by atoms with Crippen LogP contribution in [0.4, 0.5) is 11.4 Å². The Labute approximate surface area is 140 Å². The van der Waals surface area contributed by atoms with Crippen molar-refractivity contribution < 1.29 is 19.2 Å². The quantitative estimate of drug-likeness (QED) is 0.181. The van der Waals surface area contributed by atoms with Crippen LogP contribution in [0.25, 0.3) is 11.0 Å². The average molecular weight is 337 g/mol. The second-order valence-electron chi connectivity index (χ2n) is 4.97. The highest BCUT2D eigenvalue weighted by Crippen LogP contribution is 2.23. The summed E-state index contributed by atoms with van der Waals surface area (Å²) in [6, 6.07) is 13.9. The Morgan fingerprint density at radius 3 is 2.52 bits per heavy atom. The normalized spacial score (nSPS) is 11.9. The lowest BCUT2D eigenvalue weighted by atomic mass is 10.2. The number of aliphatic hydroxyl groups is 1. The molecule has 1 heterocycles. The number of ketones is 1. The Morgan fingerprint density at radius 1 is 1.16 bits per heavy atom. The first-order chi connectivity index (χ1) is 12.1. The largest absolute Gasteiger partial charge is 0.513 e. The molecular formula is C17H11N3O5. The fourth-order valence-electron chi connectivity index (χ4n) is 2.10. The Balaban J connectivity index is 1.81. The third kappa shape index (κ3) is 3.42. The Morgan fingerprint density at radius 2 is 1.88 bits per heavy atom. The van der Waals surface area contributed by atoms with Crippen molar-refractivity contribution in [2.75, 3.05) is 0 Å². The molecule has 0 saturated heterocycles. The van der Waals surface area contributed by atoms with E-state index in [1.807, 2.05) is 6.07 Å². The molecule has 8 nitrogen and oxygen atoms in total. The third-order valence-electron chi connectivity index (χ3n) is 3.34. The lowest BCUT2D eigenvalue weighted by molar-refractivity contribution is -0.384. The van der Waals surface area contributed by atoms with E-state index in [9.17, 15) is 20.0 Å². The Bertz CT molecular complexity index is 970. The Kier molecular flexibility index (Phi) is 4.34. The van der Waals surface area contributed by atoms with Crippen LogP contribution in [0, 0.1) is 10.1 Å². The number of carbonyl (C=O) groups is 1. The molecule has 0 saturated carbocycles. The number of carbonyl (C=O) groups excluding carboxylic acids is 1. The summed E-state index contributed by atoms with van der Waals surface area (Å²) in [4.78, 5) is 22.4. The van der Waals surface area contributed by atoms with Gasteiger partial charge in [0.05, 0.1) is 10.6 Å². The predicted molar refractivity (Wildman–Crippen MR) is 88.9 cm³/mol. The number of furan rings is 1. The van der Waals surface area contributed by atoms with Crippen LogP contribution in [-0.4, -0.2) is 15.8 Å². The standard InChI is InChI=1S/C17H11N3O5/c21-10-14(19-18-12-5-7-13(8-6-12)20(23)24)17(22)16-9-11-3-1-2-4-15(11)25-16/h1-10,21H. The van der Waals surface area contributed by atoms with Gasteiger partial charge in [-0.05, 0) is 24.3 Å². The molecule has 0 radical (unpaired) electrons. The van der Waals surface area contributed by atoms with Gasteiger partial charge in [0.1, 0.15) is 11.8 Å². The number of azo groups is 1. The number of nitrogens with zero attached hydrogens (tertiary/aromatic N) is 3. The molecular weight excluding hydrogens is 326 g/mol. The maximum Gasteiger partial charge on any atom is 0.269 e. The molecule has 124 valence electrons. The van der Waals surface area contributed by atoms with Gasteiger partial charge in [-0.15, -0.1) is 5.11 Å². The number of fused-ring (bicyclic) bond motifs is 1. The molecule has 0 aliphatic heterocycles. The highest BCUT2D eigenvalue weighted by Gasteiger charge is 2.17. The molecule has 0 bridgehead atoms. The molecule has 1 aromatic heterocycles. The number of rotatable bonds is 5. The summed E-state index contributed by atoms with van der Waals surface area (Å²) < 4.78 is 5.43. The van der Waals surface area contributed by atoms with Gasteiger partial charge in [-0.2, -0.15) is 5.11 Å². The molecule has 0 amide bonds. The SMILES string of the molecule is O=C(C(=CO)N=Nc1ccc([N+](=O)[O-])cc1)c1cc2ccccc2o1. The Hall–Kier alpha value is -3.81. The first-order valence-electron chi connectivity index (χ1n) is 7.12. The van der Waals surface area contributed by atoms with Crippen molar-refractivity contribution >= 4 is 28.1 Å². The number of allylic oxidation sites excluding steroid dienone is 1. The number of benzene rings is 2.